The molecule has 1 rings (SSSR count). The molecule has 0 atom stereocenters. The molecule has 0 fully saturated rings. The first-order valence-electron chi connectivity index (χ1n) is 6.28. The summed E-state index contributed by atoms with van der Waals surface area (Å²) in [5, 5.41) is 3.09. The van der Waals surface area contributed by atoms with Crippen molar-refractivity contribution in [3.8, 4) is 0 Å². The lowest BCUT2D eigenvalue weighted by molar-refractivity contribution is -0.120. The number of primary amides is 1. The molecule has 5 N–H and O–H groups in total. The molecule has 0 aliphatic carbocycles. The Balaban J connectivity index is 2.49. The summed E-state index contributed by atoms with van der Waals surface area (Å²) in [6, 6.07) is 4.88. The quantitative estimate of drug-likeness (QED) is 0.655. The molecule has 1 aromatic carbocycles. The van der Waals surface area contributed by atoms with Crippen molar-refractivity contribution in [3.05, 3.63) is 23.2 Å². The van der Waals surface area contributed by atoms with Gasteiger partial charge in [0.1, 0.15) is 0 Å². The standard InChI is InChI=1S/C13H19ClN4O2/c1-2-18(8-12(16)19)6-5-13(20)17-11-4-3-9(15)7-10(11)14/h3-4,7H,2,5-6,8,15H2,1H3,(H2,16,19)(H,17,20). The fourth-order valence-corrected chi connectivity index (χ4v) is 1.91. The van der Waals surface area contributed by atoms with Crippen molar-refractivity contribution in [1.82, 2.24) is 4.90 Å². The van der Waals surface area contributed by atoms with E-state index in [-0.39, 0.29) is 18.9 Å². The van der Waals surface area contributed by atoms with Crippen LogP contribution in [0.2, 0.25) is 5.02 Å². The van der Waals surface area contributed by atoms with E-state index in [9.17, 15) is 9.59 Å². The molecule has 0 aliphatic rings. The molecular weight excluding hydrogens is 280 g/mol. The topological polar surface area (TPSA) is 101 Å². The zero-order valence-electron chi connectivity index (χ0n) is 11.4. The van der Waals surface area contributed by atoms with Crippen LogP contribution in [0.1, 0.15) is 13.3 Å². The number of hydrogen-bond donors (Lipinski definition) is 3. The fraction of sp³-hybridized carbons (Fsp3) is 0.385. The second-order valence-electron chi connectivity index (χ2n) is 4.37. The second-order valence-corrected chi connectivity index (χ2v) is 4.78. The molecular formula is C13H19ClN4O2. The minimum Gasteiger partial charge on any atom is -0.399 e. The van der Waals surface area contributed by atoms with Crippen molar-refractivity contribution in [2.24, 2.45) is 5.73 Å². The number of hydrogen-bond acceptors (Lipinski definition) is 4. The monoisotopic (exact) mass is 298 g/mol. The summed E-state index contributed by atoms with van der Waals surface area (Å²) in [7, 11) is 0. The highest BCUT2D eigenvalue weighted by molar-refractivity contribution is 6.34. The highest BCUT2D eigenvalue weighted by Gasteiger charge is 2.10. The normalized spacial score (nSPS) is 10.6. The third-order valence-electron chi connectivity index (χ3n) is 2.75. The van der Waals surface area contributed by atoms with Gasteiger partial charge in [0, 0.05) is 18.7 Å². The van der Waals surface area contributed by atoms with Crippen LogP contribution in [0.15, 0.2) is 18.2 Å². The highest BCUT2D eigenvalue weighted by atomic mass is 35.5. The fourth-order valence-electron chi connectivity index (χ4n) is 1.67. The number of amides is 2. The van der Waals surface area contributed by atoms with Crippen LogP contribution in [-0.4, -0.2) is 36.3 Å². The first-order valence-corrected chi connectivity index (χ1v) is 6.65. The summed E-state index contributed by atoms with van der Waals surface area (Å²) in [5.74, 6) is -0.589. The molecule has 0 spiro atoms. The largest absolute Gasteiger partial charge is 0.399 e. The Morgan fingerprint density at radius 3 is 2.65 bits per heavy atom. The maximum Gasteiger partial charge on any atom is 0.231 e. The van der Waals surface area contributed by atoms with Crippen LogP contribution >= 0.6 is 11.6 Å². The van der Waals surface area contributed by atoms with Crippen molar-refractivity contribution in [1.29, 1.82) is 0 Å². The van der Waals surface area contributed by atoms with E-state index in [0.29, 0.717) is 29.5 Å². The number of nitrogen functional groups attached to an aromatic ring is 1. The predicted molar refractivity (Wildman–Crippen MR) is 80.4 cm³/mol. The van der Waals surface area contributed by atoms with Gasteiger partial charge >= 0.3 is 0 Å². The van der Waals surface area contributed by atoms with Crippen molar-refractivity contribution < 1.29 is 9.59 Å². The molecule has 0 saturated carbocycles. The number of nitrogens with zero attached hydrogens (tertiary/aromatic N) is 1. The minimum atomic E-state index is -0.408. The van der Waals surface area contributed by atoms with E-state index < -0.39 is 5.91 Å². The van der Waals surface area contributed by atoms with Crippen molar-refractivity contribution in [2.75, 3.05) is 30.7 Å². The second kappa shape index (κ2) is 7.72. The summed E-state index contributed by atoms with van der Waals surface area (Å²) in [4.78, 5) is 24.4. The SMILES string of the molecule is CCN(CCC(=O)Nc1ccc(N)cc1Cl)CC(N)=O. The molecule has 7 heteroatoms. The van der Waals surface area contributed by atoms with Crippen molar-refractivity contribution in [2.45, 2.75) is 13.3 Å². The van der Waals surface area contributed by atoms with Gasteiger partial charge in [-0.3, -0.25) is 14.5 Å². The van der Waals surface area contributed by atoms with Gasteiger partial charge < -0.3 is 16.8 Å². The number of nitrogens with two attached hydrogens (primary N) is 2. The molecule has 2 amide bonds. The van der Waals surface area contributed by atoms with Gasteiger partial charge in [-0.15, -0.1) is 0 Å². The molecule has 0 heterocycles. The predicted octanol–water partition coefficient (Wildman–Crippen LogP) is 1.06. The average molecular weight is 299 g/mol. The van der Waals surface area contributed by atoms with Gasteiger partial charge in [0.05, 0.1) is 17.3 Å². The Kier molecular flexibility index (Phi) is 6.27. The Bertz CT molecular complexity index is 493. The van der Waals surface area contributed by atoms with Crippen LogP contribution in [0.4, 0.5) is 11.4 Å². The molecule has 6 nitrogen and oxygen atoms in total. The van der Waals surface area contributed by atoms with Crippen LogP contribution in [0.3, 0.4) is 0 Å². The lowest BCUT2D eigenvalue weighted by Gasteiger charge is -2.18. The lowest BCUT2D eigenvalue weighted by Crippen LogP contribution is -2.35. The maximum absolute atomic E-state index is 11.8. The summed E-state index contributed by atoms with van der Waals surface area (Å²) < 4.78 is 0. The Morgan fingerprint density at radius 2 is 2.10 bits per heavy atom. The zero-order valence-corrected chi connectivity index (χ0v) is 12.1. The molecule has 20 heavy (non-hydrogen) atoms. The van der Waals surface area contributed by atoms with Crippen LogP contribution in [-0.2, 0) is 9.59 Å². The van der Waals surface area contributed by atoms with Gasteiger partial charge in [-0.25, -0.2) is 0 Å². The van der Waals surface area contributed by atoms with Gasteiger partial charge in [0.25, 0.3) is 0 Å². The number of likely N-dealkylation sites (N-methyl/N-ethyl adjacent to an activating group) is 1. The van der Waals surface area contributed by atoms with E-state index in [4.69, 9.17) is 23.1 Å². The Hall–Kier alpha value is -1.79. The maximum atomic E-state index is 11.8. The number of anilines is 2. The van der Waals surface area contributed by atoms with Crippen LogP contribution < -0.4 is 16.8 Å². The van der Waals surface area contributed by atoms with Gasteiger partial charge in [-0.1, -0.05) is 18.5 Å². The summed E-state index contributed by atoms with van der Waals surface area (Å²) in [5.41, 5.74) is 11.7. The van der Waals surface area contributed by atoms with E-state index >= 15 is 0 Å². The smallest absolute Gasteiger partial charge is 0.231 e. The van der Waals surface area contributed by atoms with E-state index in [1.165, 1.54) is 0 Å². The third kappa shape index (κ3) is 5.46. The van der Waals surface area contributed by atoms with Crippen molar-refractivity contribution >= 4 is 34.8 Å². The van der Waals surface area contributed by atoms with Gasteiger partial charge in [-0.2, -0.15) is 0 Å². The van der Waals surface area contributed by atoms with Gasteiger partial charge in [0.2, 0.25) is 11.8 Å². The number of nitrogens with one attached hydrogen (secondary N) is 1. The number of rotatable bonds is 7. The third-order valence-corrected chi connectivity index (χ3v) is 3.06. The van der Waals surface area contributed by atoms with Crippen LogP contribution in [0, 0.1) is 0 Å². The Morgan fingerprint density at radius 1 is 1.40 bits per heavy atom. The van der Waals surface area contributed by atoms with E-state index in [1.807, 2.05) is 6.92 Å². The number of halogens is 1. The van der Waals surface area contributed by atoms with Crippen molar-refractivity contribution in [3.63, 3.8) is 0 Å². The first-order chi connectivity index (χ1) is 9.42. The Labute approximate surface area is 123 Å². The lowest BCUT2D eigenvalue weighted by atomic mass is 10.2. The molecule has 0 aliphatic heterocycles. The van der Waals surface area contributed by atoms with Gasteiger partial charge in [0.15, 0.2) is 0 Å². The minimum absolute atomic E-state index is 0.145. The summed E-state index contributed by atoms with van der Waals surface area (Å²) >= 11 is 5.97. The number of carbonyl (C=O) groups excluding carboxylic acids is 2. The van der Waals surface area contributed by atoms with Crippen LogP contribution in [0.5, 0.6) is 0 Å². The molecule has 0 unspecified atom stereocenters. The number of benzene rings is 1. The molecule has 0 aromatic heterocycles. The van der Waals surface area contributed by atoms with Gasteiger partial charge in [-0.05, 0) is 24.7 Å². The molecule has 110 valence electrons. The number of carbonyl (C=O) groups is 2. The molecule has 0 bridgehead atoms. The molecule has 0 radical (unpaired) electrons. The van der Waals surface area contributed by atoms with E-state index in [0.717, 1.165) is 0 Å². The highest BCUT2D eigenvalue weighted by Crippen LogP contribution is 2.24. The van der Waals surface area contributed by atoms with E-state index in [2.05, 4.69) is 5.32 Å². The first kappa shape index (κ1) is 16.3. The van der Waals surface area contributed by atoms with Crippen LogP contribution in [0.25, 0.3) is 0 Å². The molecule has 0 saturated heterocycles. The summed E-state index contributed by atoms with van der Waals surface area (Å²) in [6.07, 6.45) is 0.252. The zero-order chi connectivity index (χ0) is 15.1. The van der Waals surface area contributed by atoms with E-state index in [1.54, 1.807) is 23.1 Å². The average Bonchev–Trinajstić information content (AvgIpc) is 2.37. The molecule has 1 aromatic rings. The summed E-state index contributed by atoms with van der Waals surface area (Å²) in [6.45, 7) is 3.15.